The van der Waals surface area contributed by atoms with Crippen LogP contribution in [0.1, 0.15) is 11.1 Å². The number of hydrogen-bond donors (Lipinski definition) is 1. The lowest BCUT2D eigenvalue weighted by atomic mass is 9.93. The van der Waals surface area contributed by atoms with Gasteiger partial charge in [0.2, 0.25) is 0 Å². The first-order valence-corrected chi connectivity index (χ1v) is 5.02. The fourth-order valence-corrected chi connectivity index (χ4v) is 1.76. The van der Waals surface area contributed by atoms with E-state index in [1.165, 1.54) is 6.07 Å². The zero-order valence-corrected chi connectivity index (χ0v) is 8.44. The number of nitrogens with one attached hydrogen (secondary N) is 1. The Labute approximate surface area is 90.5 Å². The summed E-state index contributed by atoms with van der Waals surface area (Å²) in [6, 6.07) is 2.73. The third-order valence-electron chi connectivity index (χ3n) is 2.68. The molecule has 1 saturated heterocycles. The lowest BCUT2D eigenvalue weighted by Crippen LogP contribution is -2.43. The van der Waals surface area contributed by atoms with E-state index in [4.69, 9.17) is 0 Å². The molecule has 0 amide bonds. The molecule has 88 valence electrons. The van der Waals surface area contributed by atoms with Crippen LogP contribution < -0.4 is 5.32 Å². The Morgan fingerprint density at radius 3 is 2.38 bits per heavy atom. The van der Waals surface area contributed by atoms with E-state index < -0.39 is 17.6 Å². The molecule has 1 fully saturated rings. The molecular weight excluding hydrogens is 222 g/mol. The van der Waals surface area contributed by atoms with Gasteiger partial charge in [-0.25, -0.2) is 4.39 Å². The average molecular weight is 233 g/mol. The van der Waals surface area contributed by atoms with Gasteiger partial charge in [-0.2, -0.15) is 13.2 Å². The van der Waals surface area contributed by atoms with Crippen LogP contribution in [0.25, 0.3) is 0 Å². The molecule has 1 aromatic rings. The highest BCUT2D eigenvalue weighted by Crippen LogP contribution is 2.31. The predicted molar refractivity (Wildman–Crippen MR) is 51.5 cm³/mol. The molecule has 1 aliphatic heterocycles. The molecule has 1 aliphatic rings. The largest absolute Gasteiger partial charge is 0.416 e. The third kappa shape index (κ3) is 2.52. The molecule has 0 spiro atoms. The summed E-state index contributed by atoms with van der Waals surface area (Å²) in [5.74, 6) is -0.500. The molecule has 0 atom stereocenters. The minimum Gasteiger partial charge on any atom is -0.316 e. The van der Waals surface area contributed by atoms with Gasteiger partial charge in [0.25, 0.3) is 0 Å². The van der Waals surface area contributed by atoms with Gasteiger partial charge in [0, 0.05) is 0 Å². The molecule has 0 bridgehead atoms. The molecular formula is C11H11F4N. The molecule has 0 radical (unpaired) electrons. The predicted octanol–water partition coefficient (Wildman–Crippen LogP) is 2.61. The highest BCUT2D eigenvalue weighted by atomic mass is 19.4. The standard InChI is InChI=1S/C11H11F4N/c12-10-3-7(1-8-5-16-6-8)2-9(4-10)11(13,14)15/h2-4,8,16H,1,5-6H2. The van der Waals surface area contributed by atoms with Crippen LogP contribution in [-0.2, 0) is 12.6 Å². The van der Waals surface area contributed by atoms with Crippen LogP contribution >= 0.6 is 0 Å². The molecule has 5 heteroatoms. The fraction of sp³-hybridized carbons (Fsp3) is 0.455. The van der Waals surface area contributed by atoms with Crippen molar-refractivity contribution in [2.24, 2.45) is 5.92 Å². The van der Waals surface area contributed by atoms with Crippen LogP contribution in [0.2, 0.25) is 0 Å². The van der Waals surface area contributed by atoms with Crippen molar-refractivity contribution in [1.29, 1.82) is 0 Å². The van der Waals surface area contributed by atoms with E-state index in [1.54, 1.807) is 0 Å². The molecule has 0 saturated carbocycles. The Hall–Kier alpha value is -1.10. The second-order valence-electron chi connectivity index (χ2n) is 4.07. The van der Waals surface area contributed by atoms with E-state index in [9.17, 15) is 17.6 Å². The maximum atomic E-state index is 13.0. The first-order chi connectivity index (χ1) is 7.45. The van der Waals surface area contributed by atoms with Crippen molar-refractivity contribution in [3.63, 3.8) is 0 Å². The van der Waals surface area contributed by atoms with Gasteiger partial charge in [-0.15, -0.1) is 0 Å². The lowest BCUT2D eigenvalue weighted by molar-refractivity contribution is -0.137. The number of hydrogen-bond acceptors (Lipinski definition) is 1. The van der Waals surface area contributed by atoms with Crippen molar-refractivity contribution in [3.05, 3.63) is 35.1 Å². The van der Waals surface area contributed by atoms with Crippen molar-refractivity contribution < 1.29 is 17.6 Å². The molecule has 1 heterocycles. The van der Waals surface area contributed by atoms with Crippen LogP contribution in [-0.4, -0.2) is 13.1 Å². The summed E-state index contributed by atoms with van der Waals surface area (Å²) in [5, 5.41) is 3.02. The van der Waals surface area contributed by atoms with Gasteiger partial charge in [0.05, 0.1) is 5.56 Å². The molecule has 16 heavy (non-hydrogen) atoms. The maximum absolute atomic E-state index is 13.0. The van der Waals surface area contributed by atoms with Gasteiger partial charge in [0.15, 0.2) is 0 Å². The molecule has 0 aliphatic carbocycles. The molecule has 2 rings (SSSR count). The van der Waals surface area contributed by atoms with Gasteiger partial charge in [-0.1, -0.05) is 0 Å². The van der Waals surface area contributed by atoms with Gasteiger partial charge in [-0.05, 0) is 49.2 Å². The monoisotopic (exact) mass is 233 g/mol. The molecule has 1 nitrogen and oxygen atoms in total. The Morgan fingerprint density at radius 1 is 1.19 bits per heavy atom. The minimum absolute atomic E-state index is 0.322. The SMILES string of the molecule is Fc1cc(CC2CNC2)cc(C(F)(F)F)c1. The maximum Gasteiger partial charge on any atom is 0.416 e. The number of alkyl halides is 3. The molecule has 1 aromatic carbocycles. The van der Waals surface area contributed by atoms with Crippen LogP contribution in [0.4, 0.5) is 17.6 Å². The summed E-state index contributed by atoms with van der Waals surface area (Å²) in [4.78, 5) is 0. The smallest absolute Gasteiger partial charge is 0.316 e. The van der Waals surface area contributed by atoms with Crippen LogP contribution in [0, 0.1) is 11.7 Å². The van der Waals surface area contributed by atoms with Gasteiger partial charge < -0.3 is 5.32 Å². The summed E-state index contributed by atoms with van der Waals surface area (Å²) in [5.41, 5.74) is -0.492. The number of halogens is 4. The summed E-state index contributed by atoms with van der Waals surface area (Å²) >= 11 is 0. The van der Waals surface area contributed by atoms with Crippen LogP contribution in [0.5, 0.6) is 0 Å². The third-order valence-corrected chi connectivity index (χ3v) is 2.68. The first kappa shape index (κ1) is 11.4. The molecule has 1 N–H and O–H groups in total. The minimum atomic E-state index is -4.48. The summed E-state index contributed by atoms with van der Waals surface area (Å²) in [6.07, 6.45) is -3.98. The van der Waals surface area contributed by atoms with Crippen molar-refractivity contribution in [2.75, 3.05) is 13.1 Å². The highest BCUT2D eigenvalue weighted by Gasteiger charge is 2.31. The van der Waals surface area contributed by atoms with Crippen molar-refractivity contribution >= 4 is 0 Å². The van der Waals surface area contributed by atoms with Crippen molar-refractivity contribution in [1.82, 2.24) is 5.32 Å². The Kier molecular flexibility index (Phi) is 2.88. The lowest BCUT2D eigenvalue weighted by Gasteiger charge is -2.27. The Morgan fingerprint density at radius 2 is 1.88 bits per heavy atom. The second-order valence-corrected chi connectivity index (χ2v) is 4.07. The topological polar surface area (TPSA) is 12.0 Å². The van der Waals surface area contributed by atoms with Gasteiger partial charge >= 0.3 is 6.18 Å². The van der Waals surface area contributed by atoms with Gasteiger partial charge in [-0.3, -0.25) is 0 Å². The first-order valence-electron chi connectivity index (χ1n) is 5.02. The van der Waals surface area contributed by atoms with E-state index in [-0.39, 0.29) is 0 Å². The zero-order chi connectivity index (χ0) is 11.8. The van der Waals surface area contributed by atoms with E-state index in [0.29, 0.717) is 24.0 Å². The normalized spacial score (nSPS) is 17.2. The number of rotatable bonds is 2. The van der Waals surface area contributed by atoms with Crippen molar-refractivity contribution in [2.45, 2.75) is 12.6 Å². The average Bonchev–Trinajstić information content (AvgIpc) is 2.09. The number of benzene rings is 1. The van der Waals surface area contributed by atoms with Crippen LogP contribution in [0.3, 0.4) is 0 Å². The summed E-state index contributed by atoms with van der Waals surface area (Å²) in [7, 11) is 0. The second kappa shape index (κ2) is 4.05. The van der Waals surface area contributed by atoms with E-state index in [2.05, 4.69) is 5.32 Å². The highest BCUT2D eigenvalue weighted by molar-refractivity contribution is 5.27. The quantitative estimate of drug-likeness (QED) is 0.774. The Balaban J connectivity index is 2.21. The molecule has 0 unspecified atom stereocenters. The van der Waals surface area contributed by atoms with E-state index >= 15 is 0 Å². The zero-order valence-electron chi connectivity index (χ0n) is 8.44. The summed E-state index contributed by atoms with van der Waals surface area (Å²) < 4.78 is 50.2. The summed E-state index contributed by atoms with van der Waals surface area (Å²) in [6.45, 7) is 1.58. The van der Waals surface area contributed by atoms with Crippen LogP contribution in [0.15, 0.2) is 18.2 Å². The molecule has 0 aromatic heterocycles. The Bertz CT molecular complexity index is 382. The fourth-order valence-electron chi connectivity index (χ4n) is 1.76. The van der Waals surface area contributed by atoms with Crippen molar-refractivity contribution in [3.8, 4) is 0 Å². The van der Waals surface area contributed by atoms with E-state index in [0.717, 1.165) is 19.2 Å². The van der Waals surface area contributed by atoms with E-state index in [1.807, 2.05) is 0 Å². The van der Waals surface area contributed by atoms with Gasteiger partial charge in [0.1, 0.15) is 5.82 Å².